The lowest BCUT2D eigenvalue weighted by Crippen LogP contribution is -2.47. The molecular formula is C14H17NO5S. The molecular weight excluding hydrogens is 294 g/mol. The maximum Gasteiger partial charge on any atom is 0.327 e. The van der Waals surface area contributed by atoms with E-state index in [0.717, 1.165) is 0 Å². The van der Waals surface area contributed by atoms with Crippen molar-refractivity contribution in [1.29, 1.82) is 0 Å². The average Bonchev–Trinajstić information content (AvgIpc) is 2.86. The summed E-state index contributed by atoms with van der Waals surface area (Å²) in [7, 11) is 0. The molecule has 2 atom stereocenters. The van der Waals surface area contributed by atoms with Gasteiger partial charge < -0.3 is 20.2 Å². The molecule has 0 radical (unpaired) electrons. The third-order valence-electron chi connectivity index (χ3n) is 3.37. The highest BCUT2D eigenvalue weighted by Gasteiger charge is 2.43. The standard InChI is InChI=1S/C14H17NO5S/c1-7(2)13-15(9(6-21-13)14(19)20)12(18)8-4-3-5-10(16)11(8)17/h3-5,7,9,13,16-17H,6H2,1-2H3,(H,19,20). The zero-order valence-electron chi connectivity index (χ0n) is 11.7. The summed E-state index contributed by atoms with van der Waals surface area (Å²) < 4.78 is 0. The van der Waals surface area contributed by atoms with Crippen LogP contribution in [0.4, 0.5) is 0 Å². The number of nitrogens with zero attached hydrogens (tertiary/aromatic N) is 1. The summed E-state index contributed by atoms with van der Waals surface area (Å²) in [6, 6.07) is 3.14. The molecule has 0 bridgehead atoms. The van der Waals surface area contributed by atoms with E-state index in [-0.39, 0.29) is 16.9 Å². The lowest BCUT2D eigenvalue weighted by Gasteiger charge is -2.30. The van der Waals surface area contributed by atoms with E-state index in [2.05, 4.69) is 0 Å². The van der Waals surface area contributed by atoms with Crippen LogP contribution in [0.3, 0.4) is 0 Å². The van der Waals surface area contributed by atoms with Crippen molar-refractivity contribution in [3.8, 4) is 11.5 Å². The second-order valence-electron chi connectivity index (χ2n) is 5.21. The predicted molar refractivity (Wildman–Crippen MR) is 78.4 cm³/mol. The first kappa shape index (κ1) is 15.5. The third-order valence-corrected chi connectivity index (χ3v) is 4.99. The van der Waals surface area contributed by atoms with Crippen molar-refractivity contribution < 1.29 is 24.9 Å². The topological polar surface area (TPSA) is 98.1 Å². The van der Waals surface area contributed by atoms with Crippen molar-refractivity contribution in [2.75, 3.05) is 5.75 Å². The summed E-state index contributed by atoms with van der Waals surface area (Å²) in [6.45, 7) is 3.81. The fourth-order valence-corrected chi connectivity index (χ4v) is 3.80. The van der Waals surface area contributed by atoms with Crippen LogP contribution in [0.2, 0.25) is 0 Å². The van der Waals surface area contributed by atoms with Crippen LogP contribution in [0.1, 0.15) is 24.2 Å². The van der Waals surface area contributed by atoms with E-state index in [0.29, 0.717) is 5.75 Å². The Bertz CT molecular complexity index is 574. The van der Waals surface area contributed by atoms with Gasteiger partial charge in [-0.25, -0.2) is 4.79 Å². The van der Waals surface area contributed by atoms with Crippen LogP contribution in [0.5, 0.6) is 11.5 Å². The predicted octanol–water partition coefficient (Wildman–Crippen LogP) is 1.72. The highest BCUT2D eigenvalue weighted by Crippen LogP contribution is 2.37. The summed E-state index contributed by atoms with van der Waals surface area (Å²) >= 11 is 1.41. The second kappa shape index (κ2) is 5.85. The molecule has 114 valence electrons. The number of aromatic hydroxyl groups is 2. The monoisotopic (exact) mass is 311 g/mol. The maximum absolute atomic E-state index is 12.6. The van der Waals surface area contributed by atoms with E-state index >= 15 is 0 Å². The highest BCUT2D eigenvalue weighted by atomic mass is 32.2. The Kier molecular flexibility index (Phi) is 4.32. The van der Waals surface area contributed by atoms with Crippen LogP contribution in [-0.4, -0.2) is 49.3 Å². The first-order chi connectivity index (χ1) is 9.84. The van der Waals surface area contributed by atoms with Crippen molar-refractivity contribution in [3.05, 3.63) is 23.8 Å². The molecule has 2 unspecified atom stereocenters. The Balaban J connectivity index is 2.42. The quantitative estimate of drug-likeness (QED) is 0.735. The summed E-state index contributed by atoms with van der Waals surface area (Å²) in [5.74, 6) is -2.20. The molecule has 0 spiro atoms. The number of carboxylic acids is 1. The Morgan fingerprint density at radius 1 is 1.33 bits per heavy atom. The minimum Gasteiger partial charge on any atom is -0.504 e. The largest absolute Gasteiger partial charge is 0.504 e. The fraction of sp³-hybridized carbons (Fsp3) is 0.429. The van der Waals surface area contributed by atoms with E-state index in [4.69, 9.17) is 0 Å². The van der Waals surface area contributed by atoms with Gasteiger partial charge in [0.05, 0.1) is 10.9 Å². The van der Waals surface area contributed by atoms with Crippen LogP contribution in [0.15, 0.2) is 18.2 Å². The molecule has 7 heteroatoms. The van der Waals surface area contributed by atoms with Crippen LogP contribution in [0, 0.1) is 5.92 Å². The van der Waals surface area contributed by atoms with Crippen molar-refractivity contribution in [1.82, 2.24) is 4.90 Å². The molecule has 0 aliphatic carbocycles. The lowest BCUT2D eigenvalue weighted by molar-refractivity contribution is -0.141. The Hall–Kier alpha value is -1.89. The first-order valence-electron chi connectivity index (χ1n) is 6.52. The molecule has 2 rings (SSSR count). The first-order valence-corrected chi connectivity index (χ1v) is 7.57. The van der Waals surface area contributed by atoms with Gasteiger partial charge in [0, 0.05) is 5.75 Å². The molecule has 1 heterocycles. The van der Waals surface area contributed by atoms with Crippen LogP contribution in [0.25, 0.3) is 0 Å². The SMILES string of the molecule is CC(C)C1SCC(C(=O)O)N1C(=O)c1cccc(O)c1O. The number of phenolic OH excluding ortho intramolecular Hbond substituents is 2. The smallest absolute Gasteiger partial charge is 0.327 e. The van der Waals surface area contributed by atoms with E-state index in [1.54, 1.807) is 0 Å². The number of rotatable bonds is 3. The molecule has 3 N–H and O–H groups in total. The van der Waals surface area contributed by atoms with Gasteiger partial charge in [0.15, 0.2) is 11.5 Å². The maximum atomic E-state index is 12.6. The summed E-state index contributed by atoms with van der Waals surface area (Å²) in [5.41, 5.74) is -0.0885. The number of thioether (sulfide) groups is 1. The number of amides is 1. The number of carboxylic acid groups (broad SMARTS) is 1. The van der Waals surface area contributed by atoms with Gasteiger partial charge in [0.2, 0.25) is 0 Å². The number of hydrogen-bond acceptors (Lipinski definition) is 5. The Labute approximate surface area is 126 Å². The summed E-state index contributed by atoms with van der Waals surface area (Å²) in [4.78, 5) is 25.3. The van der Waals surface area contributed by atoms with Crippen LogP contribution in [-0.2, 0) is 4.79 Å². The summed E-state index contributed by atoms with van der Waals surface area (Å²) in [6.07, 6.45) is 0. The molecule has 1 aromatic carbocycles. The molecule has 1 aliphatic heterocycles. The minimum absolute atomic E-state index is 0.0720. The molecule has 1 fully saturated rings. The van der Waals surface area contributed by atoms with Crippen LogP contribution >= 0.6 is 11.8 Å². The number of para-hydroxylation sites is 1. The number of hydrogen-bond donors (Lipinski definition) is 3. The number of aliphatic carboxylic acids is 1. The molecule has 1 saturated heterocycles. The molecule has 0 aromatic heterocycles. The average molecular weight is 311 g/mol. The van der Waals surface area contributed by atoms with Crippen molar-refractivity contribution >= 4 is 23.6 Å². The van der Waals surface area contributed by atoms with Crippen molar-refractivity contribution in [2.45, 2.75) is 25.3 Å². The molecule has 6 nitrogen and oxygen atoms in total. The minimum atomic E-state index is -1.07. The number of carbonyl (C=O) groups excluding carboxylic acids is 1. The van der Waals surface area contributed by atoms with Crippen molar-refractivity contribution in [3.63, 3.8) is 0 Å². The van der Waals surface area contributed by atoms with E-state index in [9.17, 15) is 24.9 Å². The van der Waals surface area contributed by atoms with Gasteiger partial charge in [-0.05, 0) is 18.1 Å². The van der Waals surface area contributed by atoms with Crippen LogP contribution < -0.4 is 0 Å². The summed E-state index contributed by atoms with van der Waals surface area (Å²) in [5, 5.41) is 28.3. The number of carbonyl (C=O) groups is 2. The van der Waals surface area contributed by atoms with Gasteiger partial charge in [-0.15, -0.1) is 11.8 Å². The lowest BCUT2D eigenvalue weighted by atomic mass is 10.1. The number of phenols is 2. The van der Waals surface area contributed by atoms with Gasteiger partial charge in [-0.1, -0.05) is 19.9 Å². The highest BCUT2D eigenvalue weighted by molar-refractivity contribution is 8.00. The van der Waals surface area contributed by atoms with Gasteiger partial charge in [0.1, 0.15) is 6.04 Å². The molecule has 1 amide bonds. The number of benzene rings is 1. The zero-order valence-corrected chi connectivity index (χ0v) is 12.5. The Morgan fingerprint density at radius 3 is 2.57 bits per heavy atom. The van der Waals surface area contributed by atoms with E-state index in [1.165, 1.54) is 34.9 Å². The third kappa shape index (κ3) is 2.78. The molecule has 21 heavy (non-hydrogen) atoms. The van der Waals surface area contributed by atoms with Gasteiger partial charge in [0.25, 0.3) is 5.91 Å². The van der Waals surface area contributed by atoms with E-state index < -0.39 is 29.4 Å². The van der Waals surface area contributed by atoms with E-state index in [1.807, 2.05) is 13.8 Å². The van der Waals surface area contributed by atoms with Gasteiger partial charge in [-0.3, -0.25) is 4.79 Å². The second-order valence-corrected chi connectivity index (χ2v) is 6.36. The molecule has 1 aromatic rings. The normalized spacial score (nSPS) is 21.8. The Morgan fingerprint density at radius 2 is 2.00 bits per heavy atom. The molecule has 1 aliphatic rings. The fourth-order valence-electron chi connectivity index (χ4n) is 2.33. The zero-order chi connectivity index (χ0) is 15.7. The van der Waals surface area contributed by atoms with Gasteiger partial charge in [-0.2, -0.15) is 0 Å². The van der Waals surface area contributed by atoms with Gasteiger partial charge >= 0.3 is 5.97 Å². The van der Waals surface area contributed by atoms with Crippen molar-refractivity contribution in [2.24, 2.45) is 5.92 Å². The molecule has 0 saturated carbocycles.